The lowest BCUT2D eigenvalue weighted by Gasteiger charge is -1.97. The standard InChI is InChI=1S/C10H15N3O/c1-4-5-11-10(14)9-6-8(7(2)3)12-13-9/h4,6-7H,1,5H2,2-3H3,(H,11,14)(H,12,13). The second-order valence-electron chi connectivity index (χ2n) is 3.36. The van der Waals surface area contributed by atoms with E-state index in [1.54, 1.807) is 12.1 Å². The molecule has 2 N–H and O–H groups in total. The largest absolute Gasteiger partial charge is 0.347 e. The monoisotopic (exact) mass is 193 g/mol. The summed E-state index contributed by atoms with van der Waals surface area (Å²) in [6.07, 6.45) is 1.63. The van der Waals surface area contributed by atoms with Crippen molar-refractivity contribution in [2.75, 3.05) is 6.54 Å². The zero-order chi connectivity index (χ0) is 10.6. The molecule has 0 aromatic carbocycles. The number of nitrogens with one attached hydrogen (secondary N) is 2. The van der Waals surface area contributed by atoms with Gasteiger partial charge in [-0.15, -0.1) is 6.58 Å². The summed E-state index contributed by atoms with van der Waals surface area (Å²) in [5.74, 6) is 0.177. The average molecular weight is 193 g/mol. The maximum Gasteiger partial charge on any atom is 0.272 e. The van der Waals surface area contributed by atoms with Gasteiger partial charge in [0.2, 0.25) is 0 Å². The Labute approximate surface area is 83.4 Å². The van der Waals surface area contributed by atoms with Crippen LogP contribution >= 0.6 is 0 Å². The zero-order valence-electron chi connectivity index (χ0n) is 8.50. The fraction of sp³-hybridized carbons (Fsp3) is 0.400. The maximum atomic E-state index is 11.4. The molecule has 1 rings (SSSR count). The average Bonchev–Trinajstić information content (AvgIpc) is 2.62. The van der Waals surface area contributed by atoms with E-state index in [4.69, 9.17) is 0 Å². The van der Waals surface area contributed by atoms with Crippen molar-refractivity contribution in [2.24, 2.45) is 0 Å². The molecule has 0 atom stereocenters. The molecule has 14 heavy (non-hydrogen) atoms. The number of H-pyrrole nitrogens is 1. The molecule has 0 fully saturated rings. The van der Waals surface area contributed by atoms with Gasteiger partial charge in [-0.1, -0.05) is 19.9 Å². The minimum atomic E-state index is -0.173. The highest BCUT2D eigenvalue weighted by Crippen LogP contribution is 2.11. The minimum absolute atomic E-state index is 0.173. The van der Waals surface area contributed by atoms with Crippen LogP contribution in [0.2, 0.25) is 0 Å². The van der Waals surface area contributed by atoms with E-state index >= 15 is 0 Å². The third kappa shape index (κ3) is 2.45. The van der Waals surface area contributed by atoms with E-state index in [0.29, 0.717) is 18.2 Å². The number of carbonyl (C=O) groups is 1. The zero-order valence-corrected chi connectivity index (χ0v) is 8.50. The lowest BCUT2D eigenvalue weighted by Crippen LogP contribution is -2.23. The molecule has 0 aliphatic heterocycles. The molecule has 1 heterocycles. The van der Waals surface area contributed by atoms with Gasteiger partial charge in [0.05, 0.1) is 0 Å². The Morgan fingerprint density at radius 2 is 2.50 bits per heavy atom. The SMILES string of the molecule is C=CCNC(=O)c1cc(C(C)C)[nH]n1. The Kier molecular flexibility index (Phi) is 3.45. The smallest absolute Gasteiger partial charge is 0.272 e. The molecule has 1 amide bonds. The van der Waals surface area contributed by atoms with E-state index in [2.05, 4.69) is 22.1 Å². The van der Waals surface area contributed by atoms with Crippen molar-refractivity contribution in [3.63, 3.8) is 0 Å². The van der Waals surface area contributed by atoms with Crippen molar-refractivity contribution in [1.29, 1.82) is 0 Å². The summed E-state index contributed by atoms with van der Waals surface area (Å²) in [5.41, 5.74) is 1.39. The van der Waals surface area contributed by atoms with Crippen LogP contribution in [0, 0.1) is 0 Å². The molecule has 0 saturated carbocycles. The second kappa shape index (κ2) is 4.60. The Balaban J connectivity index is 2.66. The third-order valence-corrected chi connectivity index (χ3v) is 1.86. The van der Waals surface area contributed by atoms with Gasteiger partial charge in [-0.3, -0.25) is 9.89 Å². The van der Waals surface area contributed by atoms with E-state index < -0.39 is 0 Å². The predicted octanol–water partition coefficient (Wildman–Crippen LogP) is 1.45. The van der Waals surface area contributed by atoms with Crippen LogP contribution in [0.15, 0.2) is 18.7 Å². The maximum absolute atomic E-state index is 11.4. The number of amides is 1. The van der Waals surface area contributed by atoms with Crippen molar-refractivity contribution in [3.05, 3.63) is 30.1 Å². The Morgan fingerprint density at radius 1 is 1.79 bits per heavy atom. The van der Waals surface area contributed by atoms with Gasteiger partial charge in [0, 0.05) is 12.2 Å². The van der Waals surface area contributed by atoms with E-state index in [0.717, 1.165) is 5.69 Å². The van der Waals surface area contributed by atoms with Gasteiger partial charge in [0.15, 0.2) is 0 Å². The Hall–Kier alpha value is -1.58. The molecule has 4 nitrogen and oxygen atoms in total. The van der Waals surface area contributed by atoms with Crippen LogP contribution in [-0.2, 0) is 0 Å². The normalized spacial score (nSPS) is 10.2. The first-order valence-electron chi connectivity index (χ1n) is 4.59. The van der Waals surface area contributed by atoms with E-state index in [1.807, 2.05) is 13.8 Å². The Morgan fingerprint density at radius 3 is 3.00 bits per heavy atom. The summed E-state index contributed by atoms with van der Waals surface area (Å²) in [6, 6.07) is 1.77. The lowest BCUT2D eigenvalue weighted by atomic mass is 10.1. The highest BCUT2D eigenvalue weighted by molar-refractivity contribution is 5.92. The number of nitrogens with zero attached hydrogens (tertiary/aromatic N) is 1. The van der Waals surface area contributed by atoms with Crippen LogP contribution in [0.4, 0.5) is 0 Å². The van der Waals surface area contributed by atoms with Gasteiger partial charge >= 0.3 is 0 Å². The van der Waals surface area contributed by atoms with E-state index in [1.165, 1.54) is 0 Å². The van der Waals surface area contributed by atoms with Crippen LogP contribution in [0.5, 0.6) is 0 Å². The summed E-state index contributed by atoms with van der Waals surface area (Å²) in [7, 11) is 0. The molecule has 4 heteroatoms. The van der Waals surface area contributed by atoms with E-state index in [-0.39, 0.29) is 5.91 Å². The quantitative estimate of drug-likeness (QED) is 0.711. The lowest BCUT2D eigenvalue weighted by molar-refractivity contribution is 0.0953. The van der Waals surface area contributed by atoms with Crippen molar-refractivity contribution < 1.29 is 4.79 Å². The first kappa shape index (κ1) is 10.5. The second-order valence-corrected chi connectivity index (χ2v) is 3.36. The molecular weight excluding hydrogens is 178 g/mol. The predicted molar refractivity (Wildman–Crippen MR) is 55.2 cm³/mol. The number of carbonyl (C=O) groups excluding carboxylic acids is 1. The van der Waals surface area contributed by atoms with Crippen LogP contribution in [0.25, 0.3) is 0 Å². The summed E-state index contributed by atoms with van der Waals surface area (Å²) >= 11 is 0. The third-order valence-electron chi connectivity index (χ3n) is 1.86. The van der Waals surface area contributed by atoms with Gasteiger partial charge < -0.3 is 5.32 Å². The molecule has 1 aromatic rings. The van der Waals surface area contributed by atoms with Crippen molar-refractivity contribution in [3.8, 4) is 0 Å². The highest BCUT2D eigenvalue weighted by Gasteiger charge is 2.10. The fourth-order valence-corrected chi connectivity index (χ4v) is 1.00. The van der Waals surface area contributed by atoms with Crippen LogP contribution in [-0.4, -0.2) is 22.6 Å². The molecule has 0 saturated heterocycles. The first-order chi connectivity index (χ1) is 6.65. The van der Waals surface area contributed by atoms with Gasteiger partial charge in [-0.25, -0.2) is 0 Å². The van der Waals surface area contributed by atoms with Gasteiger partial charge in [0.1, 0.15) is 5.69 Å². The summed E-state index contributed by atoms with van der Waals surface area (Å²) in [6.45, 7) is 8.06. The van der Waals surface area contributed by atoms with Crippen LogP contribution in [0.3, 0.4) is 0 Å². The van der Waals surface area contributed by atoms with Crippen molar-refractivity contribution in [1.82, 2.24) is 15.5 Å². The number of aromatic nitrogens is 2. The molecule has 76 valence electrons. The van der Waals surface area contributed by atoms with Crippen molar-refractivity contribution >= 4 is 5.91 Å². The highest BCUT2D eigenvalue weighted by atomic mass is 16.1. The number of rotatable bonds is 4. The van der Waals surface area contributed by atoms with Crippen molar-refractivity contribution in [2.45, 2.75) is 19.8 Å². The van der Waals surface area contributed by atoms with E-state index in [9.17, 15) is 4.79 Å². The molecule has 0 unspecified atom stereocenters. The summed E-state index contributed by atoms with van der Waals surface area (Å²) in [4.78, 5) is 11.4. The number of hydrogen-bond donors (Lipinski definition) is 2. The minimum Gasteiger partial charge on any atom is -0.347 e. The molecule has 0 aliphatic rings. The van der Waals surface area contributed by atoms with Crippen LogP contribution in [0.1, 0.15) is 35.9 Å². The topological polar surface area (TPSA) is 57.8 Å². The fourth-order valence-electron chi connectivity index (χ4n) is 1.00. The molecule has 0 radical (unpaired) electrons. The van der Waals surface area contributed by atoms with Crippen LogP contribution < -0.4 is 5.32 Å². The molecule has 0 spiro atoms. The van der Waals surface area contributed by atoms with Gasteiger partial charge in [-0.05, 0) is 12.0 Å². The molecule has 0 bridgehead atoms. The Bertz CT molecular complexity index is 328. The summed E-state index contributed by atoms with van der Waals surface area (Å²) in [5, 5.41) is 9.41. The number of aromatic amines is 1. The van der Waals surface area contributed by atoms with Gasteiger partial charge in [-0.2, -0.15) is 5.10 Å². The molecule has 0 aliphatic carbocycles. The first-order valence-corrected chi connectivity index (χ1v) is 4.59. The number of hydrogen-bond acceptors (Lipinski definition) is 2. The molecule has 1 aromatic heterocycles. The molecular formula is C10H15N3O. The van der Waals surface area contributed by atoms with Gasteiger partial charge in [0.25, 0.3) is 5.91 Å². The summed E-state index contributed by atoms with van der Waals surface area (Å²) < 4.78 is 0.